The van der Waals surface area contributed by atoms with Gasteiger partial charge in [-0.3, -0.25) is 9.20 Å². The van der Waals surface area contributed by atoms with Crippen LogP contribution in [0.25, 0.3) is 5.65 Å². The molecule has 0 spiro atoms. The molecule has 0 radical (unpaired) electrons. The molecule has 3 atom stereocenters. The van der Waals surface area contributed by atoms with Crippen LogP contribution in [-0.2, 0) is 21.4 Å². The van der Waals surface area contributed by atoms with Crippen molar-refractivity contribution < 1.29 is 18.3 Å². The van der Waals surface area contributed by atoms with E-state index in [0.717, 1.165) is 65.1 Å². The van der Waals surface area contributed by atoms with E-state index in [1.165, 1.54) is 0 Å². The van der Waals surface area contributed by atoms with E-state index in [-0.39, 0.29) is 17.5 Å². The molecule has 2 aliphatic rings. The first-order valence-corrected chi connectivity index (χ1v) is 16.3. The van der Waals surface area contributed by atoms with Gasteiger partial charge in [0.05, 0.1) is 5.92 Å². The summed E-state index contributed by atoms with van der Waals surface area (Å²) in [6.45, 7) is 10.9. The Hall–Kier alpha value is -3.83. The highest BCUT2D eigenvalue weighted by atomic mass is 32.2. The topological polar surface area (TPSA) is 121 Å². The summed E-state index contributed by atoms with van der Waals surface area (Å²) in [5.41, 5.74) is 6.02. The van der Waals surface area contributed by atoms with Crippen molar-refractivity contribution in [2.24, 2.45) is 5.92 Å². The second kappa shape index (κ2) is 11.0. The van der Waals surface area contributed by atoms with Crippen LogP contribution in [-0.4, -0.2) is 62.5 Å². The number of sulfonamides is 1. The highest BCUT2D eigenvalue weighted by Crippen LogP contribution is 2.39. The summed E-state index contributed by atoms with van der Waals surface area (Å²) >= 11 is 0. The molecule has 0 bridgehead atoms. The van der Waals surface area contributed by atoms with Gasteiger partial charge >= 0.3 is 5.97 Å². The molecule has 1 N–H and O–H groups in total. The molecule has 4 aromatic rings. The van der Waals surface area contributed by atoms with Gasteiger partial charge in [-0.2, -0.15) is 4.31 Å². The zero-order valence-corrected chi connectivity index (χ0v) is 26.1. The lowest BCUT2D eigenvalue weighted by atomic mass is 9.79. The smallest absolute Gasteiger partial charge is 0.307 e. The molecule has 1 aromatic carbocycles. The standard InChI is InChI=1S/C32H38N6O4S/c1-19-11-12-24(29(22(4)32(39)40)27-15-20(2)38-23(5)34-35-30(38)21(27)3)16-25(19)17-36-18-26-9-6-7-14-37(26)31-28(43(36,41)42)10-8-13-33-31/h8,10-13,15-16,22,26,29H,6-7,9,14,17-18H2,1-5H3,(H,39,40)/t22?,26-,29-/m0/s1. The van der Waals surface area contributed by atoms with Gasteiger partial charge < -0.3 is 10.0 Å². The van der Waals surface area contributed by atoms with Crippen LogP contribution in [0.4, 0.5) is 5.82 Å². The number of carboxylic acids is 1. The van der Waals surface area contributed by atoms with Crippen LogP contribution in [0.5, 0.6) is 0 Å². The maximum atomic E-state index is 14.1. The average Bonchev–Trinajstić information content (AvgIpc) is 3.35. The molecule has 226 valence electrons. The van der Waals surface area contributed by atoms with Crippen LogP contribution in [0.1, 0.15) is 71.4 Å². The number of carbonyl (C=O) groups is 1. The Kier molecular flexibility index (Phi) is 7.50. The molecule has 0 amide bonds. The van der Waals surface area contributed by atoms with Crippen LogP contribution in [0.2, 0.25) is 0 Å². The largest absolute Gasteiger partial charge is 0.481 e. The molecule has 1 fully saturated rings. The van der Waals surface area contributed by atoms with Crippen molar-refractivity contribution in [1.29, 1.82) is 0 Å². The van der Waals surface area contributed by atoms with Crippen LogP contribution < -0.4 is 4.90 Å². The van der Waals surface area contributed by atoms with Crippen LogP contribution in [0.3, 0.4) is 0 Å². The maximum Gasteiger partial charge on any atom is 0.307 e. The van der Waals surface area contributed by atoms with Crippen molar-refractivity contribution in [3.63, 3.8) is 0 Å². The van der Waals surface area contributed by atoms with Gasteiger partial charge in [-0.1, -0.05) is 25.1 Å². The molecule has 1 unspecified atom stereocenters. The van der Waals surface area contributed by atoms with Crippen LogP contribution in [0, 0.1) is 33.6 Å². The highest BCUT2D eigenvalue weighted by molar-refractivity contribution is 7.89. The fourth-order valence-corrected chi connectivity index (χ4v) is 8.50. The summed E-state index contributed by atoms with van der Waals surface area (Å²) in [6, 6.07) is 11.4. The molecule has 0 saturated carbocycles. The van der Waals surface area contributed by atoms with E-state index in [1.54, 1.807) is 29.6 Å². The number of fused-ring (bicyclic) bond motifs is 4. The van der Waals surface area contributed by atoms with Crippen molar-refractivity contribution in [1.82, 2.24) is 23.9 Å². The van der Waals surface area contributed by atoms with Gasteiger partial charge in [0.2, 0.25) is 10.0 Å². The number of nitrogens with zero attached hydrogens (tertiary/aromatic N) is 6. The lowest BCUT2D eigenvalue weighted by Crippen LogP contribution is -2.45. The molecule has 0 aliphatic carbocycles. The van der Waals surface area contributed by atoms with E-state index < -0.39 is 27.8 Å². The molecule has 2 aliphatic heterocycles. The van der Waals surface area contributed by atoms with Crippen molar-refractivity contribution in [3.8, 4) is 0 Å². The monoisotopic (exact) mass is 602 g/mol. The lowest BCUT2D eigenvalue weighted by molar-refractivity contribution is -0.141. The Morgan fingerprint density at radius 1 is 1.09 bits per heavy atom. The Labute approximate surface area is 252 Å². The summed E-state index contributed by atoms with van der Waals surface area (Å²) in [5, 5.41) is 18.9. The molecule has 43 heavy (non-hydrogen) atoms. The van der Waals surface area contributed by atoms with E-state index in [0.29, 0.717) is 18.0 Å². The molecule has 1 saturated heterocycles. The number of hydrogen-bond donors (Lipinski definition) is 1. The van der Waals surface area contributed by atoms with Gasteiger partial charge in [-0.05, 0) is 93.0 Å². The first-order chi connectivity index (χ1) is 20.5. The second-order valence-electron chi connectivity index (χ2n) is 12.0. The number of piperidine rings is 1. The van der Waals surface area contributed by atoms with Crippen molar-refractivity contribution in [2.75, 3.05) is 18.0 Å². The fraction of sp³-hybridized carbons (Fsp3) is 0.438. The third kappa shape index (κ3) is 4.98. The number of benzene rings is 1. The normalized spacial score (nSPS) is 19.8. The first-order valence-electron chi connectivity index (χ1n) is 14.8. The molecule has 5 heterocycles. The zero-order valence-electron chi connectivity index (χ0n) is 25.3. The van der Waals surface area contributed by atoms with Gasteiger partial charge in [0, 0.05) is 43.5 Å². The third-order valence-corrected chi connectivity index (χ3v) is 11.1. The fourth-order valence-electron chi connectivity index (χ4n) is 6.89. The summed E-state index contributed by atoms with van der Waals surface area (Å²) in [5.74, 6) is -0.804. The molecule has 3 aromatic heterocycles. The van der Waals surface area contributed by atoms with Gasteiger partial charge in [-0.25, -0.2) is 13.4 Å². The van der Waals surface area contributed by atoms with E-state index in [2.05, 4.69) is 20.1 Å². The Balaban J connectivity index is 1.44. The molecule has 11 heteroatoms. The zero-order chi connectivity index (χ0) is 30.6. The number of rotatable bonds is 6. The minimum atomic E-state index is -3.82. The summed E-state index contributed by atoms with van der Waals surface area (Å²) in [7, 11) is -3.82. The average molecular weight is 603 g/mol. The number of aryl methyl sites for hydroxylation is 4. The van der Waals surface area contributed by atoms with Crippen molar-refractivity contribution in [2.45, 2.75) is 77.3 Å². The van der Waals surface area contributed by atoms with Gasteiger partial charge in [0.25, 0.3) is 0 Å². The summed E-state index contributed by atoms with van der Waals surface area (Å²) < 4.78 is 31.8. The predicted molar refractivity (Wildman–Crippen MR) is 164 cm³/mol. The van der Waals surface area contributed by atoms with E-state index in [9.17, 15) is 18.3 Å². The molecular formula is C32H38N6O4S. The first kappa shape index (κ1) is 29.3. The maximum absolute atomic E-state index is 14.1. The quantitative estimate of drug-likeness (QED) is 0.335. The minimum Gasteiger partial charge on any atom is -0.481 e. The predicted octanol–water partition coefficient (Wildman–Crippen LogP) is 4.77. The summed E-state index contributed by atoms with van der Waals surface area (Å²) in [4.78, 5) is 19.4. The second-order valence-corrected chi connectivity index (χ2v) is 13.9. The highest BCUT2D eigenvalue weighted by Gasteiger charge is 2.39. The van der Waals surface area contributed by atoms with E-state index >= 15 is 0 Å². The van der Waals surface area contributed by atoms with Gasteiger partial charge in [-0.15, -0.1) is 10.2 Å². The van der Waals surface area contributed by atoms with Gasteiger partial charge in [0.15, 0.2) is 5.65 Å². The third-order valence-electron chi connectivity index (χ3n) is 9.30. The Bertz CT molecular complexity index is 1840. The number of aliphatic carboxylic acids is 1. The number of carboxylic acid groups (broad SMARTS) is 1. The molecule has 6 rings (SSSR count). The summed E-state index contributed by atoms with van der Waals surface area (Å²) in [6.07, 6.45) is 4.63. The van der Waals surface area contributed by atoms with E-state index in [1.807, 2.05) is 56.4 Å². The molecule has 10 nitrogen and oxygen atoms in total. The SMILES string of the molecule is Cc1ccc([C@@H](c2cc(C)n3c(C)nnc3c2C)C(C)C(=O)O)cc1CN1C[C@@H]2CCCCN2c2ncccc2S1(=O)=O. The minimum absolute atomic E-state index is 0.0481. The van der Waals surface area contributed by atoms with Crippen molar-refractivity contribution >= 4 is 27.5 Å². The van der Waals surface area contributed by atoms with Crippen molar-refractivity contribution in [3.05, 3.63) is 81.9 Å². The number of hydrogen-bond acceptors (Lipinski definition) is 7. The number of aromatic nitrogens is 4. The molecular weight excluding hydrogens is 564 g/mol. The Morgan fingerprint density at radius 2 is 1.88 bits per heavy atom. The number of anilines is 1. The van der Waals surface area contributed by atoms with Gasteiger partial charge in [0.1, 0.15) is 16.5 Å². The van der Waals surface area contributed by atoms with E-state index in [4.69, 9.17) is 0 Å². The van der Waals surface area contributed by atoms with Crippen LogP contribution in [0.15, 0.2) is 47.5 Å². The van der Waals surface area contributed by atoms with Crippen LogP contribution >= 0.6 is 0 Å². The lowest BCUT2D eigenvalue weighted by Gasteiger charge is -2.36. The number of pyridine rings is 2. The Morgan fingerprint density at radius 3 is 2.65 bits per heavy atom.